The van der Waals surface area contributed by atoms with Gasteiger partial charge in [0.1, 0.15) is 12.3 Å². The second-order valence-corrected chi connectivity index (χ2v) is 7.83. The third kappa shape index (κ3) is 5.57. The maximum absolute atomic E-state index is 11.7. The van der Waals surface area contributed by atoms with Crippen molar-refractivity contribution in [3.8, 4) is 0 Å². The minimum Gasteiger partial charge on any atom is -0.476 e. The van der Waals surface area contributed by atoms with Crippen molar-refractivity contribution in [2.75, 3.05) is 5.43 Å². The number of hydrogen-bond donors (Lipinski definition) is 2. The number of carboxylic acid groups (broad SMARTS) is 1. The average molecular weight is 505 g/mol. The first-order valence-corrected chi connectivity index (χ1v) is 10.8. The molecule has 0 atom stereocenters. The van der Waals surface area contributed by atoms with Crippen LogP contribution in [-0.2, 0) is 18.0 Å². The van der Waals surface area contributed by atoms with Crippen LogP contribution in [0.3, 0.4) is 0 Å². The molecule has 0 aliphatic heterocycles. The fourth-order valence-electron chi connectivity index (χ4n) is 3.61. The number of nitro groups is 2. The van der Waals surface area contributed by atoms with Crippen molar-refractivity contribution < 1.29 is 29.0 Å². The number of nitrogens with zero attached hydrogens (tertiary/aromatic N) is 4. The molecule has 0 unspecified atom stereocenters. The summed E-state index contributed by atoms with van der Waals surface area (Å²) in [5.41, 5.74) is 1.92. The molecule has 37 heavy (non-hydrogen) atoms. The zero-order valence-electron chi connectivity index (χ0n) is 19.3. The minimum absolute atomic E-state index is 0.0445. The quantitative estimate of drug-likeness (QED) is 0.171. The number of benzene rings is 3. The van der Waals surface area contributed by atoms with Crippen LogP contribution in [0.2, 0.25) is 0 Å². The highest BCUT2D eigenvalue weighted by Gasteiger charge is 2.25. The Bertz CT molecular complexity index is 1550. The van der Waals surface area contributed by atoms with Gasteiger partial charge in [-0.3, -0.25) is 25.7 Å². The topological polar surface area (TPSA) is 183 Å². The summed E-state index contributed by atoms with van der Waals surface area (Å²) in [6, 6.07) is 16.7. The van der Waals surface area contributed by atoms with E-state index in [1.807, 2.05) is 42.5 Å². The van der Waals surface area contributed by atoms with E-state index in [-0.39, 0.29) is 35.9 Å². The summed E-state index contributed by atoms with van der Waals surface area (Å²) in [4.78, 5) is 32.4. The Hall–Kier alpha value is -5.17. The molecule has 0 aliphatic rings. The first-order chi connectivity index (χ1) is 17.7. The van der Waals surface area contributed by atoms with Gasteiger partial charge in [-0.1, -0.05) is 41.6 Å². The maximum atomic E-state index is 11.7. The highest BCUT2D eigenvalue weighted by Crippen LogP contribution is 2.29. The number of nitro benzene ring substituents is 2. The highest BCUT2D eigenvalue weighted by molar-refractivity contribution is 6.07. The Labute approximate surface area is 208 Å². The molecule has 0 bridgehead atoms. The van der Waals surface area contributed by atoms with Crippen LogP contribution in [0.1, 0.15) is 34.3 Å². The molecule has 0 spiro atoms. The fourth-order valence-corrected chi connectivity index (χ4v) is 3.61. The van der Waals surface area contributed by atoms with E-state index in [2.05, 4.69) is 15.7 Å². The Morgan fingerprint density at radius 1 is 1.05 bits per heavy atom. The normalized spacial score (nSPS) is 11.4. The number of fused-ring (bicyclic) bond motifs is 1. The standard InChI is InChI=1S/C24H19N5O8/c1-14(25-26-19-9-8-18(28(32)33)11-20(19)29(34)35)22-21(37-27-23(22)24(30)31)13-36-12-15-6-7-16-4-2-3-5-17(16)10-15/h2-11,26H,12-13H2,1H3,(H,30,31)/b25-14+. The van der Waals surface area contributed by atoms with E-state index in [9.17, 15) is 30.1 Å². The van der Waals surface area contributed by atoms with Crippen LogP contribution in [0, 0.1) is 20.2 Å². The lowest BCUT2D eigenvalue weighted by Crippen LogP contribution is -2.10. The third-order valence-corrected chi connectivity index (χ3v) is 5.38. The summed E-state index contributed by atoms with van der Waals surface area (Å²) in [7, 11) is 0. The maximum Gasteiger partial charge on any atom is 0.358 e. The predicted octanol–water partition coefficient (Wildman–Crippen LogP) is 4.90. The molecule has 1 aromatic heterocycles. The number of hydrogen-bond acceptors (Lipinski definition) is 10. The fraction of sp³-hybridized carbons (Fsp3) is 0.125. The summed E-state index contributed by atoms with van der Waals surface area (Å²) < 4.78 is 10.9. The number of ether oxygens (including phenoxy) is 1. The first kappa shape index (κ1) is 24.9. The van der Waals surface area contributed by atoms with E-state index in [0.29, 0.717) is 0 Å². The van der Waals surface area contributed by atoms with Crippen molar-refractivity contribution >= 4 is 39.5 Å². The summed E-state index contributed by atoms with van der Waals surface area (Å²) in [5, 5.41) is 41.6. The zero-order chi connectivity index (χ0) is 26.5. The summed E-state index contributed by atoms with van der Waals surface area (Å²) in [6.45, 7) is 1.56. The molecule has 3 aromatic carbocycles. The number of carboxylic acids is 1. The molecule has 0 amide bonds. The molecule has 1 heterocycles. The van der Waals surface area contributed by atoms with Crippen LogP contribution in [0.4, 0.5) is 17.1 Å². The van der Waals surface area contributed by atoms with E-state index >= 15 is 0 Å². The lowest BCUT2D eigenvalue weighted by molar-refractivity contribution is -0.393. The average Bonchev–Trinajstić information content (AvgIpc) is 3.31. The SMILES string of the molecule is C/C(=N\Nc1ccc([N+](=O)[O-])cc1[N+](=O)[O-])c1c(C(=O)O)noc1COCc1ccc2ccccc2c1. The molecule has 0 aliphatic carbocycles. The van der Waals surface area contributed by atoms with Crippen LogP contribution in [0.25, 0.3) is 10.8 Å². The highest BCUT2D eigenvalue weighted by atomic mass is 16.6. The molecule has 4 rings (SSSR count). The number of aromatic nitrogens is 1. The molecular formula is C24H19N5O8. The molecule has 0 saturated carbocycles. The van der Waals surface area contributed by atoms with Gasteiger partial charge in [-0.2, -0.15) is 5.10 Å². The van der Waals surface area contributed by atoms with E-state index in [1.165, 1.54) is 6.92 Å². The molecule has 0 fully saturated rings. The van der Waals surface area contributed by atoms with E-state index in [0.717, 1.165) is 34.5 Å². The van der Waals surface area contributed by atoms with Crippen molar-refractivity contribution in [3.63, 3.8) is 0 Å². The minimum atomic E-state index is -1.37. The van der Waals surface area contributed by atoms with Gasteiger partial charge >= 0.3 is 11.7 Å². The molecular weight excluding hydrogens is 486 g/mol. The zero-order valence-corrected chi connectivity index (χ0v) is 19.3. The smallest absolute Gasteiger partial charge is 0.358 e. The molecule has 4 aromatic rings. The number of non-ortho nitro benzene ring substituents is 1. The Kier molecular flexibility index (Phi) is 7.16. The van der Waals surface area contributed by atoms with Crippen LogP contribution in [0.5, 0.6) is 0 Å². The number of anilines is 1. The van der Waals surface area contributed by atoms with E-state index < -0.39 is 32.9 Å². The predicted molar refractivity (Wildman–Crippen MR) is 131 cm³/mol. The summed E-state index contributed by atoms with van der Waals surface area (Å²) in [6.07, 6.45) is 0. The van der Waals surface area contributed by atoms with Crippen molar-refractivity contribution in [1.82, 2.24) is 5.16 Å². The first-order valence-electron chi connectivity index (χ1n) is 10.8. The molecule has 0 saturated heterocycles. The van der Waals surface area contributed by atoms with Crippen molar-refractivity contribution in [2.45, 2.75) is 20.1 Å². The van der Waals surface area contributed by atoms with Gasteiger partial charge in [-0.15, -0.1) is 0 Å². The van der Waals surface area contributed by atoms with E-state index in [4.69, 9.17) is 9.26 Å². The summed E-state index contributed by atoms with van der Waals surface area (Å²) >= 11 is 0. The number of aromatic carboxylic acids is 1. The number of hydrazone groups is 1. The van der Waals surface area contributed by atoms with Crippen molar-refractivity contribution in [1.29, 1.82) is 0 Å². The third-order valence-electron chi connectivity index (χ3n) is 5.38. The van der Waals surface area contributed by atoms with Gasteiger partial charge in [0.2, 0.25) is 5.69 Å². The lowest BCUT2D eigenvalue weighted by Gasteiger charge is -2.07. The van der Waals surface area contributed by atoms with Crippen molar-refractivity contribution in [2.24, 2.45) is 5.10 Å². The second-order valence-electron chi connectivity index (χ2n) is 7.83. The van der Waals surface area contributed by atoms with Gasteiger partial charge in [0.05, 0.1) is 33.8 Å². The second kappa shape index (κ2) is 10.6. The Morgan fingerprint density at radius 3 is 2.51 bits per heavy atom. The van der Waals surface area contributed by atoms with Gasteiger partial charge in [-0.25, -0.2) is 4.79 Å². The summed E-state index contributed by atoms with van der Waals surface area (Å²) in [5.74, 6) is -1.27. The van der Waals surface area contributed by atoms with Gasteiger partial charge in [0.15, 0.2) is 5.76 Å². The van der Waals surface area contributed by atoms with Gasteiger partial charge < -0.3 is 14.4 Å². The number of carbonyl (C=O) groups is 1. The van der Waals surface area contributed by atoms with Crippen LogP contribution in [0.15, 0.2) is 70.3 Å². The molecule has 13 nitrogen and oxygen atoms in total. The van der Waals surface area contributed by atoms with Crippen LogP contribution in [-0.4, -0.2) is 31.8 Å². The van der Waals surface area contributed by atoms with Gasteiger partial charge in [0.25, 0.3) is 5.69 Å². The Morgan fingerprint density at radius 2 is 1.81 bits per heavy atom. The number of nitrogens with one attached hydrogen (secondary N) is 1. The van der Waals surface area contributed by atoms with Gasteiger partial charge in [-0.05, 0) is 35.4 Å². The van der Waals surface area contributed by atoms with Gasteiger partial charge in [0, 0.05) is 6.07 Å². The molecule has 0 radical (unpaired) electrons. The lowest BCUT2D eigenvalue weighted by atomic mass is 10.1. The van der Waals surface area contributed by atoms with Crippen molar-refractivity contribution in [3.05, 3.63) is 103 Å². The van der Waals surface area contributed by atoms with E-state index in [1.54, 1.807) is 0 Å². The Balaban J connectivity index is 1.54. The largest absolute Gasteiger partial charge is 0.476 e. The molecule has 13 heteroatoms. The molecule has 188 valence electrons. The number of rotatable bonds is 10. The monoisotopic (exact) mass is 505 g/mol. The van der Waals surface area contributed by atoms with Crippen LogP contribution < -0.4 is 5.43 Å². The molecule has 2 N–H and O–H groups in total. The van der Waals surface area contributed by atoms with Crippen LogP contribution >= 0.6 is 0 Å².